The summed E-state index contributed by atoms with van der Waals surface area (Å²) in [5, 5.41) is 0. The molecule has 1 atom stereocenters. The van der Waals surface area contributed by atoms with E-state index in [0.717, 1.165) is 19.3 Å². The van der Waals surface area contributed by atoms with Gasteiger partial charge in [0.2, 0.25) is 8.87 Å². The van der Waals surface area contributed by atoms with Gasteiger partial charge < -0.3 is 4.55 Å². The molecule has 4 nitrogen and oxygen atoms in total. The lowest BCUT2D eigenvalue weighted by Gasteiger charge is -2.06. The Morgan fingerprint density at radius 3 is 1.93 bits per heavy atom. The first-order valence-electron chi connectivity index (χ1n) is 5.33. The molecule has 0 rings (SSSR count). The molecule has 0 saturated heterocycles. The quantitative estimate of drug-likeness (QED) is 0.358. The minimum Gasteiger partial charge on any atom is -0.760 e. The molecule has 0 bridgehead atoms. The highest BCUT2D eigenvalue weighted by molar-refractivity contribution is 8.61. The molecule has 0 radical (unpaired) electrons. The summed E-state index contributed by atoms with van der Waals surface area (Å²) in [4.78, 5) is 0. The molecule has 0 amide bonds. The van der Waals surface area contributed by atoms with Gasteiger partial charge in [-0.2, -0.15) is 0 Å². The zero-order valence-corrected chi connectivity index (χ0v) is 10.7. The van der Waals surface area contributed by atoms with E-state index in [4.69, 9.17) is 0 Å². The van der Waals surface area contributed by atoms with E-state index in [2.05, 4.69) is 6.92 Å². The fraction of sp³-hybridized carbons (Fsp3) is 1.00. The minimum atomic E-state index is -3.88. The largest absolute Gasteiger partial charge is 0.760 e. The van der Waals surface area contributed by atoms with Crippen molar-refractivity contribution in [2.75, 3.05) is 5.75 Å². The average molecular weight is 255 g/mol. The zero-order chi connectivity index (χ0) is 11.7. The van der Waals surface area contributed by atoms with Crippen LogP contribution in [0.2, 0.25) is 0 Å². The first-order valence-corrected chi connectivity index (χ1v) is 8.57. The van der Waals surface area contributed by atoms with Gasteiger partial charge in [0.1, 0.15) is 0 Å². The fourth-order valence-corrected chi connectivity index (χ4v) is 2.76. The van der Waals surface area contributed by atoms with Crippen molar-refractivity contribution in [3.63, 3.8) is 0 Å². The summed E-state index contributed by atoms with van der Waals surface area (Å²) in [6, 6.07) is 0. The Morgan fingerprint density at radius 2 is 1.47 bits per heavy atom. The lowest BCUT2D eigenvalue weighted by Crippen LogP contribution is -2.11. The van der Waals surface area contributed by atoms with Gasteiger partial charge in [-0.1, -0.05) is 45.4 Å². The van der Waals surface area contributed by atoms with Gasteiger partial charge in [-0.05, 0) is 6.42 Å². The van der Waals surface area contributed by atoms with Crippen LogP contribution in [0.3, 0.4) is 0 Å². The van der Waals surface area contributed by atoms with Crippen LogP contribution >= 0.6 is 0 Å². The number of unbranched alkanes of at least 4 members (excludes halogenated alkanes) is 6. The maximum absolute atomic E-state index is 10.9. The third-order valence-electron chi connectivity index (χ3n) is 2.21. The summed E-state index contributed by atoms with van der Waals surface area (Å²) in [6.07, 6.45) is 6.90. The van der Waals surface area contributed by atoms with Crippen LogP contribution in [-0.2, 0) is 19.0 Å². The molecule has 0 fully saturated rings. The summed E-state index contributed by atoms with van der Waals surface area (Å²) in [7, 11) is -6.84. The molecule has 6 heteroatoms. The summed E-state index contributed by atoms with van der Waals surface area (Å²) < 4.78 is 42.2. The maximum atomic E-state index is 10.9. The first-order chi connectivity index (χ1) is 7.00. The Hall–Kier alpha value is 0.0600. The van der Waals surface area contributed by atoms with Gasteiger partial charge in [-0.15, -0.1) is 0 Å². The van der Waals surface area contributed by atoms with Crippen molar-refractivity contribution < 1.29 is 17.2 Å². The molecule has 0 spiro atoms. The van der Waals surface area contributed by atoms with Crippen molar-refractivity contribution in [3.8, 4) is 0 Å². The summed E-state index contributed by atoms with van der Waals surface area (Å²) >= 11 is 0. The summed E-state index contributed by atoms with van der Waals surface area (Å²) in [5.41, 5.74) is 0. The fourth-order valence-electron chi connectivity index (χ4n) is 1.30. The molecule has 0 aromatic heterocycles. The minimum absolute atomic E-state index is 0.239. The molecule has 0 aliphatic heterocycles. The molecule has 0 aliphatic rings. The monoisotopic (exact) mass is 255 g/mol. The van der Waals surface area contributed by atoms with Crippen LogP contribution < -0.4 is 0 Å². The Balaban J connectivity index is 3.43. The molecule has 0 aliphatic carbocycles. The van der Waals surface area contributed by atoms with E-state index in [9.17, 15) is 17.2 Å². The molecular weight excluding hydrogens is 236 g/mol. The van der Waals surface area contributed by atoms with Gasteiger partial charge in [0.05, 0.1) is 15.9 Å². The van der Waals surface area contributed by atoms with E-state index in [-0.39, 0.29) is 5.75 Å². The number of hydrogen-bond acceptors (Lipinski definition) is 4. The van der Waals surface area contributed by atoms with Crippen LogP contribution in [0, 0.1) is 0 Å². The van der Waals surface area contributed by atoms with Crippen molar-refractivity contribution >= 4 is 19.0 Å². The average Bonchev–Trinajstić information content (AvgIpc) is 2.16. The van der Waals surface area contributed by atoms with Gasteiger partial charge in [-0.3, -0.25) is 4.21 Å². The highest BCUT2D eigenvalue weighted by Crippen LogP contribution is 2.08. The maximum Gasteiger partial charge on any atom is 0.217 e. The topological polar surface area (TPSA) is 74.3 Å². The Kier molecular flexibility index (Phi) is 8.27. The van der Waals surface area contributed by atoms with Crippen molar-refractivity contribution in [1.29, 1.82) is 0 Å². The Bertz CT molecular complexity index is 272. The second-order valence-electron chi connectivity index (χ2n) is 3.59. The molecule has 0 N–H and O–H groups in total. The van der Waals surface area contributed by atoms with Crippen LogP contribution in [0.5, 0.6) is 0 Å². The summed E-state index contributed by atoms with van der Waals surface area (Å²) in [5.74, 6) is -0.239. The van der Waals surface area contributed by atoms with Crippen molar-refractivity contribution in [3.05, 3.63) is 0 Å². The Labute approximate surface area is 94.1 Å². The van der Waals surface area contributed by atoms with Gasteiger partial charge in [0.25, 0.3) is 0 Å². The lowest BCUT2D eigenvalue weighted by molar-refractivity contribution is 0.538. The van der Waals surface area contributed by atoms with Gasteiger partial charge in [-0.25, -0.2) is 8.42 Å². The third kappa shape index (κ3) is 7.93. The highest BCUT2D eigenvalue weighted by atomic mass is 33.2. The van der Waals surface area contributed by atoms with E-state index in [1.807, 2.05) is 0 Å². The standard InChI is InChI=1S/C9H20O4S2/c1-2-3-4-5-6-7-8-9-15(12,13)14(10)11/h2-9H2,1H3,(H,10,11)/p-1. The first kappa shape index (κ1) is 15.1. The van der Waals surface area contributed by atoms with Crippen LogP contribution in [0.1, 0.15) is 51.9 Å². The van der Waals surface area contributed by atoms with Crippen molar-refractivity contribution in [2.24, 2.45) is 0 Å². The van der Waals surface area contributed by atoms with Gasteiger partial charge >= 0.3 is 0 Å². The van der Waals surface area contributed by atoms with E-state index < -0.39 is 19.0 Å². The van der Waals surface area contributed by atoms with Crippen molar-refractivity contribution in [1.82, 2.24) is 0 Å². The predicted octanol–water partition coefficient (Wildman–Crippen LogP) is 1.95. The van der Waals surface area contributed by atoms with Crippen LogP contribution in [0.4, 0.5) is 0 Å². The normalized spacial score (nSPS) is 14.0. The molecule has 15 heavy (non-hydrogen) atoms. The number of rotatable bonds is 9. The smallest absolute Gasteiger partial charge is 0.217 e. The van der Waals surface area contributed by atoms with E-state index >= 15 is 0 Å². The van der Waals surface area contributed by atoms with E-state index in [0.29, 0.717) is 6.42 Å². The molecule has 0 heterocycles. The van der Waals surface area contributed by atoms with Crippen LogP contribution in [0.15, 0.2) is 0 Å². The van der Waals surface area contributed by atoms with Gasteiger partial charge in [0, 0.05) is 0 Å². The molecule has 0 aromatic rings. The molecular formula is C9H19O4S2-. The third-order valence-corrected chi connectivity index (χ3v) is 5.15. The molecule has 92 valence electrons. The summed E-state index contributed by atoms with van der Waals surface area (Å²) in [6.45, 7) is 2.14. The van der Waals surface area contributed by atoms with Gasteiger partial charge in [0.15, 0.2) is 0 Å². The molecule has 0 aromatic carbocycles. The predicted molar refractivity (Wildman–Crippen MR) is 60.7 cm³/mol. The number of hydrogen-bond donors (Lipinski definition) is 0. The Morgan fingerprint density at radius 1 is 1.00 bits per heavy atom. The van der Waals surface area contributed by atoms with E-state index in [1.165, 1.54) is 19.3 Å². The second kappa shape index (κ2) is 8.24. The van der Waals surface area contributed by atoms with E-state index in [1.54, 1.807) is 0 Å². The highest BCUT2D eigenvalue weighted by Gasteiger charge is 2.09. The zero-order valence-electron chi connectivity index (χ0n) is 9.11. The van der Waals surface area contributed by atoms with Crippen LogP contribution in [-0.4, -0.2) is 22.9 Å². The lowest BCUT2D eigenvalue weighted by atomic mass is 10.1. The van der Waals surface area contributed by atoms with Crippen molar-refractivity contribution in [2.45, 2.75) is 51.9 Å². The molecule has 0 saturated carbocycles. The molecule has 1 unspecified atom stereocenters. The van der Waals surface area contributed by atoms with Crippen LogP contribution in [0.25, 0.3) is 0 Å². The second-order valence-corrected chi connectivity index (χ2v) is 7.86. The SMILES string of the molecule is CCCCCCCCCS(=O)(=O)S(=O)[O-].